The van der Waals surface area contributed by atoms with Gasteiger partial charge < -0.3 is 9.63 Å². The predicted octanol–water partition coefficient (Wildman–Crippen LogP) is 3.17. The van der Waals surface area contributed by atoms with Crippen molar-refractivity contribution in [1.82, 2.24) is 10.1 Å². The van der Waals surface area contributed by atoms with Gasteiger partial charge in [0.05, 0.1) is 8.95 Å². The molecule has 0 amide bonds. The van der Waals surface area contributed by atoms with Gasteiger partial charge in [0, 0.05) is 12.5 Å². The Morgan fingerprint density at radius 1 is 1.35 bits per heavy atom. The van der Waals surface area contributed by atoms with Gasteiger partial charge in [-0.3, -0.25) is 4.79 Å². The Hall–Kier alpha value is -1.21. The van der Waals surface area contributed by atoms with Gasteiger partial charge in [0.2, 0.25) is 11.6 Å². The number of carbonyl (C=O) groups is 1. The van der Waals surface area contributed by atoms with E-state index in [1.54, 1.807) is 12.1 Å². The fourth-order valence-corrected chi connectivity index (χ4v) is 2.36. The van der Waals surface area contributed by atoms with Crippen LogP contribution in [0.15, 0.2) is 25.6 Å². The summed E-state index contributed by atoms with van der Waals surface area (Å²) in [5.74, 6) is 0.0638. The lowest BCUT2D eigenvalue weighted by Gasteiger charge is -2.01. The molecule has 1 aromatic carbocycles. The predicted molar refractivity (Wildman–Crippen MR) is 66.8 cm³/mol. The molecular formula is C10H6Br2N2O3. The number of phenolic OH excluding ortho intramolecular Hbond substituents is 1. The lowest BCUT2D eigenvalue weighted by atomic mass is 10.2. The Bertz CT molecular complexity index is 572. The van der Waals surface area contributed by atoms with Gasteiger partial charge in [-0.2, -0.15) is 4.98 Å². The summed E-state index contributed by atoms with van der Waals surface area (Å²) in [5.41, 5.74) is 0.599. The second-order valence-corrected chi connectivity index (χ2v) is 4.98. The average molecular weight is 362 g/mol. The fourth-order valence-electron chi connectivity index (χ4n) is 1.17. The van der Waals surface area contributed by atoms with Crippen molar-refractivity contribution in [2.75, 3.05) is 0 Å². The molecule has 17 heavy (non-hydrogen) atoms. The lowest BCUT2D eigenvalue weighted by Crippen LogP contribution is -1.94. The van der Waals surface area contributed by atoms with E-state index in [0.29, 0.717) is 14.5 Å². The average Bonchev–Trinajstić information content (AvgIpc) is 2.74. The normalized spacial score (nSPS) is 10.5. The van der Waals surface area contributed by atoms with Crippen LogP contribution in [0.2, 0.25) is 0 Å². The molecule has 0 aliphatic rings. The van der Waals surface area contributed by atoms with Gasteiger partial charge in [-0.15, -0.1) is 0 Å². The number of rotatable bonds is 2. The molecular weight excluding hydrogens is 356 g/mol. The first-order chi connectivity index (χ1) is 7.99. The molecule has 1 N–H and O–H groups in total. The Kier molecular flexibility index (Phi) is 3.30. The van der Waals surface area contributed by atoms with Crippen molar-refractivity contribution in [3.63, 3.8) is 0 Å². The van der Waals surface area contributed by atoms with Gasteiger partial charge in [-0.1, -0.05) is 5.16 Å². The number of benzene rings is 1. The summed E-state index contributed by atoms with van der Waals surface area (Å²) >= 11 is 6.39. The molecule has 0 saturated carbocycles. The molecule has 1 heterocycles. The summed E-state index contributed by atoms with van der Waals surface area (Å²) in [7, 11) is 0. The van der Waals surface area contributed by atoms with E-state index in [1.165, 1.54) is 6.92 Å². The zero-order valence-corrected chi connectivity index (χ0v) is 11.7. The van der Waals surface area contributed by atoms with Gasteiger partial charge >= 0.3 is 0 Å². The number of ketones is 1. The Labute approximate surface area is 113 Å². The number of hydrogen-bond acceptors (Lipinski definition) is 5. The number of nitrogens with zero attached hydrogens (tertiary/aromatic N) is 2. The van der Waals surface area contributed by atoms with E-state index in [-0.39, 0.29) is 23.2 Å². The molecule has 88 valence electrons. The van der Waals surface area contributed by atoms with Crippen LogP contribution in [0, 0.1) is 0 Å². The van der Waals surface area contributed by atoms with Crippen molar-refractivity contribution >= 4 is 37.6 Å². The SMILES string of the molecule is CC(=O)c1noc(-c2cc(Br)c(O)c(Br)c2)n1. The highest BCUT2D eigenvalue weighted by Gasteiger charge is 2.14. The zero-order valence-electron chi connectivity index (χ0n) is 8.57. The molecule has 0 unspecified atom stereocenters. The van der Waals surface area contributed by atoms with Crippen LogP contribution in [-0.2, 0) is 0 Å². The number of aromatic nitrogens is 2. The van der Waals surface area contributed by atoms with Crippen LogP contribution in [-0.4, -0.2) is 21.0 Å². The van der Waals surface area contributed by atoms with Gasteiger partial charge in [-0.05, 0) is 44.0 Å². The molecule has 0 bridgehead atoms. The molecule has 7 heteroatoms. The monoisotopic (exact) mass is 360 g/mol. The molecule has 0 saturated heterocycles. The maximum Gasteiger partial charge on any atom is 0.258 e. The van der Waals surface area contributed by atoms with Crippen LogP contribution in [0.5, 0.6) is 5.75 Å². The van der Waals surface area contributed by atoms with E-state index >= 15 is 0 Å². The molecule has 0 atom stereocenters. The minimum Gasteiger partial charge on any atom is -0.506 e. The highest BCUT2D eigenvalue weighted by Crippen LogP contribution is 2.36. The first kappa shape index (κ1) is 12.3. The molecule has 0 aliphatic heterocycles. The molecule has 0 fully saturated rings. The highest BCUT2D eigenvalue weighted by molar-refractivity contribution is 9.11. The minimum absolute atomic E-state index is 0.0281. The zero-order chi connectivity index (χ0) is 12.6. The molecule has 2 rings (SSSR count). The van der Waals surface area contributed by atoms with Crippen LogP contribution < -0.4 is 0 Å². The number of phenols is 1. The van der Waals surface area contributed by atoms with Crippen LogP contribution in [0.1, 0.15) is 17.5 Å². The van der Waals surface area contributed by atoms with Crippen molar-refractivity contribution in [2.45, 2.75) is 6.92 Å². The highest BCUT2D eigenvalue weighted by atomic mass is 79.9. The van der Waals surface area contributed by atoms with Gasteiger partial charge in [0.25, 0.3) is 5.89 Å². The molecule has 1 aromatic heterocycles. The summed E-state index contributed by atoms with van der Waals surface area (Å²) < 4.78 is 5.94. The van der Waals surface area contributed by atoms with Gasteiger partial charge in [0.1, 0.15) is 5.75 Å². The number of aromatic hydroxyl groups is 1. The number of carbonyl (C=O) groups excluding carboxylic acids is 1. The number of Topliss-reactive ketones (excluding diaryl/α,β-unsaturated/α-hetero) is 1. The summed E-state index contributed by atoms with van der Waals surface area (Å²) in [4.78, 5) is 15.0. The lowest BCUT2D eigenvalue weighted by molar-refractivity contribution is 0.100. The van der Waals surface area contributed by atoms with Crippen molar-refractivity contribution < 1.29 is 14.4 Å². The van der Waals surface area contributed by atoms with Crippen LogP contribution in [0.25, 0.3) is 11.5 Å². The number of halogens is 2. The van der Waals surface area contributed by atoms with Crippen molar-refractivity contribution in [3.05, 3.63) is 26.9 Å². The van der Waals surface area contributed by atoms with Crippen molar-refractivity contribution in [3.8, 4) is 17.2 Å². The van der Waals surface area contributed by atoms with Crippen molar-refractivity contribution in [1.29, 1.82) is 0 Å². The second kappa shape index (κ2) is 4.58. The first-order valence-corrected chi connectivity index (χ1v) is 6.10. The van der Waals surface area contributed by atoms with E-state index in [2.05, 4.69) is 42.0 Å². The fraction of sp³-hybridized carbons (Fsp3) is 0.100. The van der Waals surface area contributed by atoms with E-state index in [1.807, 2.05) is 0 Å². The molecule has 0 radical (unpaired) electrons. The quantitative estimate of drug-likeness (QED) is 0.831. The summed E-state index contributed by atoms with van der Waals surface area (Å²) in [5, 5.41) is 13.1. The topological polar surface area (TPSA) is 76.2 Å². The Morgan fingerprint density at radius 2 is 1.94 bits per heavy atom. The minimum atomic E-state index is -0.267. The standard InChI is InChI=1S/C10H6Br2N2O3/c1-4(15)9-13-10(17-14-9)5-2-6(11)8(16)7(12)3-5/h2-3,16H,1H3. The number of hydrogen-bond donors (Lipinski definition) is 1. The first-order valence-electron chi connectivity index (χ1n) is 4.52. The molecule has 5 nitrogen and oxygen atoms in total. The third kappa shape index (κ3) is 2.39. The van der Waals surface area contributed by atoms with E-state index < -0.39 is 0 Å². The third-order valence-electron chi connectivity index (χ3n) is 2.00. The van der Waals surface area contributed by atoms with Gasteiger partial charge in [0.15, 0.2) is 0 Å². The van der Waals surface area contributed by atoms with E-state index in [4.69, 9.17) is 4.52 Å². The summed E-state index contributed by atoms with van der Waals surface area (Å²) in [6, 6.07) is 3.25. The van der Waals surface area contributed by atoms with Crippen molar-refractivity contribution in [2.24, 2.45) is 0 Å². The largest absolute Gasteiger partial charge is 0.506 e. The maximum atomic E-state index is 11.0. The van der Waals surface area contributed by atoms with Crippen LogP contribution in [0.4, 0.5) is 0 Å². The summed E-state index contributed by atoms with van der Waals surface area (Å²) in [6.07, 6.45) is 0. The van der Waals surface area contributed by atoms with E-state index in [9.17, 15) is 9.90 Å². The van der Waals surface area contributed by atoms with Gasteiger partial charge in [-0.25, -0.2) is 0 Å². The molecule has 0 spiro atoms. The molecule has 2 aromatic rings. The van der Waals surface area contributed by atoms with E-state index in [0.717, 1.165) is 0 Å². The maximum absolute atomic E-state index is 11.0. The van der Waals surface area contributed by atoms with Crippen LogP contribution >= 0.6 is 31.9 Å². The van der Waals surface area contributed by atoms with Crippen LogP contribution in [0.3, 0.4) is 0 Å². The Morgan fingerprint density at radius 3 is 2.41 bits per heavy atom. The third-order valence-corrected chi connectivity index (χ3v) is 3.21. The summed E-state index contributed by atoms with van der Waals surface area (Å²) in [6.45, 7) is 1.36. The molecule has 0 aliphatic carbocycles. The second-order valence-electron chi connectivity index (χ2n) is 3.27. The Balaban J connectivity index is 2.49. The smallest absolute Gasteiger partial charge is 0.258 e.